The number of halogens is 1. The maximum absolute atomic E-state index is 12.5. The highest BCUT2D eigenvalue weighted by atomic mass is 127. The van der Waals surface area contributed by atoms with Crippen molar-refractivity contribution in [2.45, 2.75) is 18.2 Å². The minimum Gasteiger partial charge on any atom is -0.315 e. The van der Waals surface area contributed by atoms with Gasteiger partial charge in [-0.15, -0.1) is 0 Å². The van der Waals surface area contributed by atoms with Crippen LogP contribution in [-0.2, 0) is 21.2 Å². The third-order valence-corrected chi connectivity index (χ3v) is 6.40. The van der Waals surface area contributed by atoms with Crippen molar-refractivity contribution in [2.24, 2.45) is 0 Å². The number of fused-ring (bicyclic) bond motifs is 1. The molecular weight excluding hydrogens is 427 g/mol. The number of likely N-dealkylation sites (N-methyl/N-ethyl adjacent to an activating group) is 1. The van der Waals surface area contributed by atoms with Crippen LogP contribution in [0.25, 0.3) is 0 Å². The SMILES string of the molecule is Cc1ccc(NS(=O)(=O)c2ccc3c(c2)CC(=O)N3C)cc1I. The fourth-order valence-electron chi connectivity index (χ4n) is 2.48. The smallest absolute Gasteiger partial charge is 0.261 e. The maximum atomic E-state index is 12.5. The molecule has 1 amide bonds. The van der Waals surface area contributed by atoms with Crippen molar-refractivity contribution in [3.63, 3.8) is 0 Å². The molecule has 2 aromatic carbocycles. The van der Waals surface area contributed by atoms with Crippen LogP contribution < -0.4 is 9.62 Å². The van der Waals surface area contributed by atoms with E-state index in [1.807, 2.05) is 13.0 Å². The summed E-state index contributed by atoms with van der Waals surface area (Å²) < 4.78 is 28.7. The fraction of sp³-hybridized carbons (Fsp3) is 0.188. The molecule has 1 aliphatic rings. The Morgan fingerprint density at radius 2 is 1.91 bits per heavy atom. The molecule has 3 rings (SSSR count). The molecule has 0 aliphatic carbocycles. The quantitative estimate of drug-likeness (QED) is 0.744. The summed E-state index contributed by atoms with van der Waals surface area (Å²) in [7, 11) is -1.99. The summed E-state index contributed by atoms with van der Waals surface area (Å²) >= 11 is 2.17. The molecule has 0 aromatic heterocycles. The molecule has 0 atom stereocenters. The largest absolute Gasteiger partial charge is 0.315 e. The van der Waals surface area contributed by atoms with E-state index in [-0.39, 0.29) is 17.2 Å². The molecular formula is C16H15IN2O3S. The molecule has 7 heteroatoms. The first-order valence-electron chi connectivity index (χ1n) is 6.96. The Morgan fingerprint density at radius 3 is 2.61 bits per heavy atom. The number of sulfonamides is 1. The third-order valence-electron chi connectivity index (χ3n) is 3.86. The van der Waals surface area contributed by atoms with Gasteiger partial charge >= 0.3 is 0 Å². The molecule has 0 saturated carbocycles. The van der Waals surface area contributed by atoms with Gasteiger partial charge in [-0.1, -0.05) is 6.07 Å². The van der Waals surface area contributed by atoms with Crippen LogP contribution >= 0.6 is 22.6 Å². The molecule has 1 aliphatic heterocycles. The molecule has 23 heavy (non-hydrogen) atoms. The molecule has 120 valence electrons. The number of nitrogens with one attached hydrogen (secondary N) is 1. The number of hydrogen-bond acceptors (Lipinski definition) is 3. The summed E-state index contributed by atoms with van der Waals surface area (Å²) in [6, 6.07) is 10.2. The maximum Gasteiger partial charge on any atom is 0.261 e. The fourth-order valence-corrected chi connectivity index (χ4v) is 4.10. The lowest BCUT2D eigenvalue weighted by molar-refractivity contribution is -0.117. The molecule has 5 nitrogen and oxygen atoms in total. The Labute approximate surface area is 148 Å². The van der Waals surface area contributed by atoms with Crippen LogP contribution in [0.15, 0.2) is 41.3 Å². The molecule has 2 aromatic rings. The van der Waals surface area contributed by atoms with E-state index >= 15 is 0 Å². The molecule has 0 fully saturated rings. The lowest BCUT2D eigenvalue weighted by Gasteiger charge is -2.12. The number of rotatable bonds is 3. The molecule has 0 spiro atoms. The number of benzene rings is 2. The van der Waals surface area contributed by atoms with E-state index in [0.717, 1.165) is 20.4 Å². The number of carbonyl (C=O) groups is 1. The first kappa shape index (κ1) is 16.3. The van der Waals surface area contributed by atoms with E-state index in [2.05, 4.69) is 27.3 Å². The van der Waals surface area contributed by atoms with Crippen molar-refractivity contribution in [2.75, 3.05) is 16.7 Å². The van der Waals surface area contributed by atoms with E-state index in [1.54, 1.807) is 36.2 Å². The van der Waals surface area contributed by atoms with Gasteiger partial charge in [0.05, 0.1) is 11.3 Å². The number of anilines is 2. The van der Waals surface area contributed by atoms with Crippen molar-refractivity contribution in [1.29, 1.82) is 0 Å². The van der Waals surface area contributed by atoms with E-state index in [4.69, 9.17) is 0 Å². The van der Waals surface area contributed by atoms with Crippen molar-refractivity contribution in [1.82, 2.24) is 0 Å². The van der Waals surface area contributed by atoms with Gasteiger partial charge in [0.1, 0.15) is 0 Å². The normalized spacial score (nSPS) is 14.0. The summed E-state index contributed by atoms with van der Waals surface area (Å²) in [4.78, 5) is 13.4. The van der Waals surface area contributed by atoms with E-state index < -0.39 is 10.0 Å². The second-order valence-corrected chi connectivity index (χ2v) is 8.33. The van der Waals surface area contributed by atoms with Gasteiger partial charge in [0.2, 0.25) is 5.91 Å². The molecule has 1 heterocycles. The average Bonchev–Trinajstić information content (AvgIpc) is 2.77. The van der Waals surface area contributed by atoms with Crippen molar-refractivity contribution in [3.8, 4) is 0 Å². The number of hydrogen-bond donors (Lipinski definition) is 1. The highest BCUT2D eigenvalue weighted by molar-refractivity contribution is 14.1. The van der Waals surface area contributed by atoms with Gasteiger partial charge in [-0.05, 0) is 71.0 Å². The Morgan fingerprint density at radius 1 is 1.17 bits per heavy atom. The van der Waals surface area contributed by atoms with E-state index in [0.29, 0.717) is 5.69 Å². The first-order chi connectivity index (χ1) is 10.8. The zero-order valence-electron chi connectivity index (χ0n) is 12.6. The zero-order chi connectivity index (χ0) is 16.8. The zero-order valence-corrected chi connectivity index (χ0v) is 15.6. The van der Waals surface area contributed by atoms with Gasteiger partial charge in [0.25, 0.3) is 10.0 Å². The Bertz CT molecular complexity index is 910. The minimum absolute atomic E-state index is 0.0319. The monoisotopic (exact) mass is 442 g/mol. The van der Waals surface area contributed by atoms with E-state index in [9.17, 15) is 13.2 Å². The molecule has 1 N–H and O–H groups in total. The summed E-state index contributed by atoms with van der Waals surface area (Å²) in [5.74, 6) is -0.0319. The van der Waals surface area contributed by atoms with Crippen molar-refractivity contribution >= 4 is 49.9 Å². The number of carbonyl (C=O) groups excluding carboxylic acids is 1. The van der Waals surface area contributed by atoms with Crippen LogP contribution in [0.2, 0.25) is 0 Å². The van der Waals surface area contributed by atoms with Crippen LogP contribution in [0, 0.1) is 10.5 Å². The summed E-state index contributed by atoms with van der Waals surface area (Å²) in [6.45, 7) is 1.97. The van der Waals surface area contributed by atoms with Crippen LogP contribution in [0.1, 0.15) is 11.1 Å². The highest BCUT2D eigenvalue weighted by Gasteiger charge is 2.26. The predicted octanol–water partition coefficient (Wildman–Crippen LogP) is 2.92. The lowest BCUT2D eigenvalue weighted by atomic mass is 10.2. The van der Waals surface area contributed by atoms with Crippen LogP contribution in [0.5, 0.6) is 0 Å². The van der Waals surface area contributed by atoms with Crippen LogP contribution in [-0.4, -0.2) is 21.4 Å². The molecule has 0 saturated heterocycles. The lowest BCUT2D eigenvalue weighted by Crippen LogP contribution is -2.20. The Kier molecular flexibility index (Phi) is 4.09. The van der Waals surface area contributed by atoms with Crippen molar-refractivity contribution in [3.05, 3.63) is 51.1 Å². The Balaban J connectivity index is 1.93. The topological polar surface area (TPSA) is 66.5 Å². The average molecular weight is 442 g/mol. The van der Waals surface area contributed by atoms with Gasteiger partial charge in [-0.25, -0.2) is 8.42 Å². The minimum atomic E-state index is -3.68. The molecule has 0 bridgehead atoms. The predicted molar refractivity (Wildman–Crippen MR) is 98.3 cm³/mol. The molecule has 0 unspecified atom stereocenters. The van der Waals surface area contributed by atoms with E-state index in [1.165, 1.54) is 6.07 Å². The number of aryl methyl sites for hydroxylation is 1. The summed E-state index contributed by atoms with van der Waals surface area (Å²) in [5.41, 5.74) is 3.11. The van der Waals surface area contributed by atoms with Crippen LogP contribution in [0.4, 0.5) is 11.4 Å². The van der Waals surface area contributed by atoms with Crippen LogP contribution in [0.3, 0.4) is 0 Å². The van der Waals surface area contributed by atoms with Gasteiger partial charge in [-0.3, -0.25) is 9.52 Å². The van der Waals surface area contributed by atoms with Gasteiger partial charge in [0, 0.05) is 22.0 Å². The second kappa shape index (κ2) is 5.79. The Hall–Kier alpha value is -1.61. The summed E-state index contributed by atoms with van der Waals surface area (Å²) in [5, 5.41) is 0. The van der Waals surface area contributed by atoms with Gasteiger partial charge < -0.3 is 4.90 Å². The van der Waals surface area contributed by atoms with Crippen molar-refractivity contribution < 1.29 is 13.2 Å². The van der Waals surface area contributed by atoms with Gasteiger partial charge in [0.15, 0.2) is 0 Å². The summed E-state index contributed by atoms with van der Waals surface area (Å²) in [6.07, 6.45) is 0.234. The third kappa shape index (κ3) is 3.07. The molecule has 0 radical (unpaired) electrons. The number of nitrogens with zero attached hydrogens (tertiary/aromatic N) is 1. The second-order valence-electron chi connectivity index (χ2n) is 5.49. The van der Waals surface area contributed by atoms with Gasteiger partial charge in [-0.2, -0.15) is 0 Å². The number of amides is 1. The first-order valence-corrected chi connectivity index (χ1v) is 9.52. The standard InChI is InChI=1S/C16H15IN2O3S/c1-10-3-4-12(9-14(10)17)18-23(21,22)13-5-6-15-11(7-13)8-16(20)19(15)2/h3-7,9,18H,8H2,1-2H3. The highest BCUT2D eigenvalue weighted by Crippen LogP contribution is 2.30.